The summed E-state index contributed by atoms with van der Waals surface area (Å²) in [7, 11) is -5.61. The van der Waals surface area contributed by atoms with Crippen LogP contribution in [0.2, 0.25) is 0 Å². The van der Waals surface area contributed by atoms with Crippen molar-refractivity contribution < 1.29 is 25.8 Å². The number of hydrogen-bond acceptors (Lipinski definition) is 4. The molecule has 19 heavy (non-hydrogen) atoms. The molecule has 0 fully saturated rings. The molecule has 1 aromatic rings. The van der Waals surface area contributed by atoms with Gasteiger partial charge in [-0.2, -0.15) is 21.6 Å². The van der Waals surface area contributed by atoms with Crippen molar-refractivity contribution in [2.45, 2.75) is 30.8 Å². The van der Waals surface area contributed by atoms with Crippen molar-refractivity contribution in [2.24, 2.45) is 5.73 Å². The highest BCUT2D eigenvalue weighted by Gasteiger charge is 2.48. The summed E-state index contributed by atoms with van der Waals surface area (Å²) >= 11 is 0. The number of fused-ring (bicyclic) bond motifs is 1. The van der Waals surface area contributed by atoms with Gasteiger partial charge in [-0.3, -0.25) is 0 Å². The lowest BCUT2D eigenvalue weighted by Gasteiger charge is -2.21. The van der Waals surface area contributed by atoms with Crippen LogP contribution in [0, 0.1) is 0 Å². The number of aryl methyl sites for hydroxylation is 1. The molecular weight excluding hydrogens is 283 g/mol. The van der Waals surface area contributed by atoms with Crippen LogP contribution < -0.4 is 9.92 Å². The van der Waals surface area contributed by atoms with Crippen LogP contribution in [0.25, 0.3) is 0 Å². The lowest BCUT2D eigenvalue weighted by molar-refractivity contribution is -0.0500. The third-order valence-electron chi connectivity index (χ3n) is 2.93. The summed E-state index contributed by atoms with van der Waals surface area (Å²) in [5, 5.41) is 0. The molecule has 1 atom stereocenters. The van der Waals surface area contributed by atoms with Gasteiger partial charge in [0.1, 0.15) is 5.75 Å². The van der Waals surface area contributed by atoms with Gasteiger partial charge in [0.15, 0.2) is 0 Å². The third kappa shape index (κ3) is 3.01. The van der Waals surface area contributed by atoms with Gasteiger partial charge < -0.3 is 9.92 Å². The van der Waals surface area contributed by atoms with Crippen molar-refractivity contribution in [3.8, 4) is 5.75 Å². The molecule has 0 saturated heterocycles. The fourth-order valence-electron chi connectivity index (χ4n) is 1.99. The summed E-state index contributed by atoms with van der Waals surface area (Å²) in [5.74, 6) is -0.327. The average Bonchev–Trinajstić information content (AvgIpc) is 2.27. The van der Waals surface area contributed by atoms with Crippen LogP contribution in [-0.2, 0) is 23.0 Å². The molecule has 1 unspecified atom stereocenters. The van der Waals surface area contributed by atoms with E-state index in [0.29, 0.717) is 19.3 Å². The highest BCUT2D eigenvalue weighted by Crippen LogP contribution is 2.30. The van der Waals surface area contributed by atoms with Crippen LogP contribution >= 0.6 is 0 Å². The molecule has 0 aliphatic heterocycles. The number of rotatable bonds is 2. The van der Waals surface area contributed by atoms with E-state index in [4.69, 9.17) is 5.73 Å². The Morgan fingerprint density at radius 3 is 2.58 bits per heavy atom. The van der Waals surface area contributed by atoms with Gasteiger partial charge in [0.2, 0.25) is 0 Å². The molecule has 1 aromatic carbocycles. The van der Waals surface area contributed by atoms with Gasteiger partial charge in [-0.25, -0.2) is 0 Å². The van der Waals surface area contributed by atoms with Crippen LogP contribution in [-0.4, -0.2) is 20.0 Å². The molecular formula is C11H12F3NO3S. The number of halogens is 3. The van der Waals surface area contributed by atoms with Crippen LogP contribution in [0.5, 0.6) is 5.75 Å². The predicted molar refractivity (Wildman–Crippen MR) is 62.0 cm³/mol. The van der Waals surface area contributed by atoms with Gasteiger partial charge in [0, 0.05) is 6.04 Å². The Balaban J connectivity index is 2.25. The molecule has 8 heteroatoms. The van der Waals surface area contributed by atoms with E-state index in [1.54, 1.807) is 6.07 Å². The Morgan fingerprint density at radius 2 is 1.95 bits per heavy atom. The molecule has 2 N–H and O–H groups in total. The van der Waals surface area contributed by atoms with Crippen molar-refractivity contribution >= 4 is 10.1 Å². The molecule has 0 heterocycles. The maximum Gasteiger partial charge on any atom is 0.534 e. The number of hydrogen-bond donors (Lipinski definition) is 1. The largest absolute Gasteiger partial charge is 0.534 e. The van der Waals surface area contributed by atoms with E-state index in [1.807, 2.05) is 0 Å². The van der Waals surface area contributed by atoms with Crippen molar-refractivity contribution in [1.82, 2.24) is 0 Å². The van der Waals surface area contributed by atoms with E-state index in [2.05, 4.69) is 4.18 Å². The van der Waals surface area contributed by atoms with E-state index in [1.165, 1.54) is 12.1 Å². The topological polar surface area (TPSA) is 69.4 Å². The Kier molecular flexibility index (Phi) is 3.48. The Morgan fingerprint density at radius 1 is 1.26 bits per heavy atom. The first-order valence-corrected chi connectivity index (χ1v) is 6.98. The molecule has 0 spiro atoms. The van der Waals surface area contributed by atoms with Crippen LogP contribution in [0.3, 0.4) is 0 Å². The fraction of sp³-hybridized carbons (Fsp3) is 0.455. The van der Waals surface area contributed by atoms with Gasteiger partial charge in [0.25, 0.3) is 0 Å². The van der Waals surface area contributed by atoms with Gasteiger partial charge in [-0.15, -0.1) is 0 Å². The number of benzene rings is 1. The summed E-state index contributed by atoms with van der Waals surface area (Å²) < 4.78 is 62.4. The fourth-order valence-corrected chi connectivity index (χ4v) is 2.44. The van der Waals surface area contributed by atoms with Crippen LogP contribution in [0.15, 0.2) is 18.2 Å². The zero-order valence-electron chi connectivity index (χ0n) is 9.77. The second-order valence-electron chi connectivity index (χ2n) is 4.42. The molecule has 0 bridgehead atoms. The minimum atomic E-state index is -5.61. The van der Waals surface area contributed by atoms with Crippen LogP contribution in [0.4, 0.5) is 13.2 Å². The molecule has 0 aromatic heterocycles. The molecule has 2 rings (SSSR count). The smallest absolute Gasteiger partial charge is 0.376 e. The quantitative estimate of drug-likeness (QED) is 0.666. The predicted octanol–water partition coefficient (Wildman–Crippen LogP) is 1.73. The van der Waals surface area contributed by atoms with Gasteiger partial charge in [-0.05, 0) is 42.5 Å². The standard InChI is InChI=1S/C11H12F3NO3S/c12-11(13,14)19(16,17)18-10-4-2-7-5-9(15)3-1-8(7)6-10/h2,4,6,9H,1,3,5,15H2. The molecule has 0 saturated carbocycles. The lowest BCUT2D eigenvalue weighted by Crippen LogP contribution is -2.29. The summed E-state index contributed by atoms with van der Waals surface area (Å²) in [5.41, 5.74) is 2.03. The molecule has 1 aliphatic carbocycles. The van der Waals surface area contributed by atoms with E-state index < -0.39 is 15.6 Å². The van der Waals surface area contributed by atoms with Crippen molar-refractivity contribution in [3.05, 3.63) is 29.3 Å². The summed E-state index contributed by atoms with van der Waals surface area (Å²) in [4.78, 5) is 0. The van der Waals surface area contributed by atoms with Crippen molar-refractivity contribution in [2.75, 3.05) is 0 Å². The normalized spacial score (nSPS) is 19.9. The first kappa shape index (κ1) is 14.1. The second kappa shape index (κ2) is 4.68. The molecule has 1 aliphatic rings. The minimum absolute atomic E-state index is 0.0261. The molecule has 4 nitrogen and oxygen atoms in total. The highest BCUT2D eigenvalue weighted by molar-refractivity contribution is 7.87. The van der Waals surface area contributed by atoms with E-state index in [0.717, 1.165) is 11.1 Å². The maximum absolute atomic E-state index is 12.2. The monoisotopic (exact) mass is 295 g/mol. The first-order chi connectivity index (χ1) is 8.69. The molecule has 0 radical (unpaired) electrons. The van der Waals surface area contributed by atoms with Gasteiger partial charge >= 0.3 is 15.6 Å². The summed E-state index contributed by atoms with van der Waals surface area (Å²) in [6.07, 6.45) is 1.93. The van der Waals surface area contributed by atoms with E-state index in [-0.39, 0.29) is 11.8 Å². The highest BCUT2D eigenvalue weighted by atomic mass is 32.2. The van der Waals surface area contributed by atoms with Gasteiger partial charge in [-0.1, -0.05) is 6.07 Å². The Hall–Kier alpha value is -1.28. The Labute approximate surface area is 108 Å². The minimum Gasteiger partial charge on any atom is -0.376 e. The second-order valence-corrected chi connectivity index (χ2v) is 5.95. The number of alkyl halides is 3. The zero-order chi connectivity index (χ0) is 14.3. The van der Waals surface area contributed by atoms with Crippen molar-refractivity contribution in [3.63, 3.8) is 0 Å². The summed E-state index contributed by atoms with van der Waals surface area (Å²) in [6, 6.07) is 4.11. The maximum atomic E-state index is 12.2. The lowest BCUT2D eigenvalue weighted by atomic mass is 9.89. The van der Waals surface area contributed by atoms with E-state index in [9.17, 15) is 21.6 Å². The third-order valence-corrected chi connectivity index (χ3v) is 3.91. The first-order valence-electron chi connectivity index (χ1n) is 5.57. The summed E-state index contributed by atoms with van der Waals surface area (Å²) in [6.45, 7) is 0. The number of nitrogens with two attached hydrogens (primary N) is 1. The van der Waals surface area contributed by atoms with E-state index >= 15 is 0 Å². The molecule has 106 valence electrons. The SMILES string of the molecule is NC1CCc2cc(OS(=O)(=O)C(F)(F)F)ccc2C1. The van der Waals surface area contributed by atoms with Crippen molar-refractivity contribution in [1.29, 1.82) is 0 Å². The molecule has 0 amide bonds. The zero-order valence-corrected chi connectivity index (χ0v) is 10.6. The van der Waals surface area contributed by atoms with Crippen LogP contribution in [0.1, 0.15) is 17.5 Å². The average molecular weight is 295 g/mol. The Bertz CT molecular complexity index is 583. The van der Waals surface area contributed by atoms with Gasteiger partial charge in [0.05, 0.1) is 0 Å².